The Morgan fingerprint density at radius 2 is 0.783 bits per heavy atom. The van der Waals surface area contributed by atoms with E-state index in [1.165, 1.54) is 76.7 Å². The van der Waals surface area contributed by atoms with Crippen LogP contribution < -0.4 is 4.90 Å². The van der Waals surface area contributed by atoms with Gasteiger partial charge in [-0.1, -0.05) is 196 Å². The second-order valence-electron chi connectivity index (χ2n) is 14.9. The van der Waals surface area contributed by atoms with Gasteiger partial charge in [-0.2, -0.15) is 0 Å². The van der Waals surface area contributed by atoms with E-state index in [4.69, 9.17) is 0 Å². The van der Waals surface area contributed by atoms with Gasteiger partial charge in [-0.3, -0.25) is 0 Å². The first-order valence-corrected chi connectivity index (χ1v) is 20.9. The van der Waals surface area contributed by atoms with E-state index < -0.39 is 0 Å². The second kappa shape index (κ2) is 15.9. The third-order valence-electron chi connectivity index (χ3n) is 11.6. The fourth-order valence-electron chi connectivity index (χ4n) is 8.84. The summed E-state index contributed by atoms with van der Waals surface area (Å²) in [6, 6.07) is 83.7. The minimum atomic E-state index is 1.11. The zero-order valence-corrected chi connectivity index (χ0v) is 33.8. The smallest absolute Gasteiger partial charge is 0.0547 e. The zero-order chi connectivity index (χ0) is 40.4. The molecule has 0 fully saturated rings. The van der Waals surface area contributed by atoms with Crippen LogP contribution in [0.1, 0.15) is 13.8 Å². The Balaban J connectivity index is 0.00000213. The van der Waals surface area contributed by atoms with Crippen LogP contribution in [-0.2, 0) is 0 Å². The lowest BCUT2D eigenvalue weighted by Crippen LogP contribution is -2.11. The molecule has 11 rings (SSSR count). The first-order valence-electron chi connectivity index (χ1n) is 20.9. The lowest BCUT2D eigenvalue weighted by Gasteiger charge is -2.28. The second-order valence-corrected chi connectivity index (χ2v) is 14.9. The van der Waals surface area contributed by atoms with Gasteiger partial charge in [-0.05, 0) is 92.7 Å². The molecule has 0 aliphatic heterocycles. The quantitative estimate of drug-likeness (QED) is 0.157. The largest absolute Gasteiger partial charge is 0.309 e. The van der Waals surface area contributed by atoms with Crippen molar-refractivity contribution in [3.63, 3.8) is 0 Å². The SMILES string of the molecule is CC.c1ccc(-c2ccc(-n3c4ccccc4c4ccc(-c5ccccc5-c5ccc(N(c6cccc7ccccc67)c6cccc7ccccc67)cc5)cc43)cc2)cc1. The van der Waals surface area contributed by atoms with Crippen molar-refractivity contribution in [2.75, 3.05) is 4.90 Å². The molecule has 1 heterocycles. The lowest BCUT2D eigenvalue weighted by molar-refractivity contribution is 1.18. The van der Waals surface area contributed by atoms with Crippen LogP contribution in [0.4, 0.5) is 17.1 Å². The van der Waals surface area contributed by atoms with Crippen LogP contribution in [0.25, 0.3) is 82.4 Å². The van der Waals surface area contributed by atoms with Crippen molar-refractivity contribution in [1.82, 2.24) is 4.57 Å². The van der Waals surface area contributed by atoms with Crippen LogP contribution in [0, 0.1) is 0 Å². The fraction of sp³-hybridized carbons (Fsp3) is 0.0345. The van der Waals surface area contributed by atoms with Crippen LogP contribution in [0.3, 0.4) is 0 Å². The molecule has 0 atom stereocenters. The molecule has 0 N–H and O–H groups in total. The monoisotopic (exact) mass is 768 g/mol. The predicted molar refractivity (Wildman–Crippen MR) is 258 cm³/mol. The molecule has 0 aliphatic carbocycles. The summed E-state index contributed by atoms with van der Waals surface area (Å²) in [5.41, 5.74) is 14.1. The number of nitrogens with zero attached hydrogens (tertiary/aromatic N) is 2. The van der Waals surface area contributed by atoms with E-state index in [9.17, 15) is 0 Å². The van der Waals surface area contributed by atoms with Gasteiger partial charge in [-0.15, -0.1) is 0 Å². The van der Waals surface area contributed by atoms with Crippen molar-refractivity contribution in [1.29, 1.82) is 0 Å². The number of anilines is 3. The molecule has 60 heavy (non-hydrogen) atoms. The molecule has 1 aromatic heterocycles. The Morgan fingerprint density at radius 3 is 1.43 bits per heavy atom. The van der Waals surface area contributed by atoms with Gasteiger partial charge in [0.1, 0.15) is 0 Å². The minimum absolute atomic E-state index is 1.11. The normalized spacial score (nSPS) is 11.2. The molecule has 286 valence electrons. The Kier molecular flexibility index (Phi) is 9.73. The van der Waals surface area contributed by atoms with Gasteiger partial charge >= 0.3 is 0 Å². The third-order valence-corrected chi connectivity index (χ3v) is 11.6. The highest BCUT2D eigenvalue weighted by Gasteiger charge is 2.19. The highest BCUT2D eigenvalue weighted by molar-refractivity contribution is 6.11. The van der Waals surface area contributed by atoms with Crippen molar-refractivity contribution in [2.24, 2.45) is 0 Å². The van der Waals surface area contributed by atoms with Gasteiger partial charge in [0.2, 0.25) is 0 Å². The van der Waals surface area contributed by atoms with E-state index in [2.05, 4.69) is 240 Å². The number of rotatable bonds is 7. The molecule has 0 bridgehead atoms. The van der Waals surface area contributed by atoms with Crippen LogP contribution >= 0.6 is 0 Å². The van der Waals surface area contributed by atoms with Gasteiger partial charge < -0.3 is 9.47 Å². The number of benzene rings is 10. The third kappa shape index (κ3) is 6.49. The number of para-hydroxylation sites is 1. The average molecular weight is 769 g/mol. The van der Waals surface area contributed by atoms with Gasteiger partial charge in [0, 0.05) is 32.9 Å². The van der Waals surface area contributed by atoms with E-state index in [-0.39, 0.29) is 0 Å². The summed E-state index contributed by atoms with van der Waals surface area (Å²) in [6.07, 6.45) is 0. The predicted octanol–water partition coefficient (Wildman–Crippen LogP) is 16.6. The van der Waals surface area contributed by atoms with Gasteiger partial charge in [0.15, 0.2) is 0 Å². The Bertz CT molecular complexity index is 3180. The number of aromatic nitrogens is 1. The van der Waals surface area contributed by atoms with Crippen molar-refractivity contribution >= 4 is 60.4 Å². The van der Waals surface area contributed by atoms with Crippen molar-refractivity contribution in [2.45, 2.75) is 13.8 Å². The molecule has 10 aromatic carbocycles. The zero-order valence-electron chi connectivity index (χ0n) is 33.8. The molecule has 2 heteroatoms. The summed E-state index contributed by atoms with van der Waals surface area (Å²) >= 11 is 0. The van der Waals surface area contributed by atoms with Crippen molar-refractivity contribution in [3.05, 3.63) is 231 Å². The Labute approximate surface area is 351 Å². The Morgan fingerprint density at radius 1 is 0.317 bits per heavy atom. The number of hydrogen-bond donors (Lipinski definition) is 0. The van der Waals surface area contributed by atoms with Crippen LogP contribution in [0.2, 0.25) is 0 Å². The van der Waals surface area contributed by atoms with Crippen molar-refractivity contribution in [3.8, 4) is 39.1 Å². The molecule has 0 saturated heterocycles. The van der Waals surface area contributed by atoms with E-state index >= 15 is 0 Å². The minimum Gasteiger partial charge on any atom is -0.309 e. The summed E-state index contributed by atoms with van der Waals surface area (Å²) in [5.74, 6) is 0. The molecule has 0 radical (unpaired) electrons. The summed E-state index contributed by atoms with van der Waals surface area (Å²) in [6.45, 7) is 4.00. The average Bonchev–Trinajstić information content (AvgIpc) is 3.66. The molecular formula is C58H44N2. The summed E-state index contributed by atoms with van der Waals surface area (Å²) in [7, 11) is 0. The Hall–Kier alpha value is -7.68. The lowest BCUT2D eigenvalue weighted by atomic mass is 9.93. The summed E-state index contributed by atoms with van der Waals surface area (Å²) in [4.78, 5) is 2.42. The molecule has 0 saturated carbocycles. The van der Waals surface area contributed by atoms with Gasteiger partial charge in [0.25, 0.3) is 0 Å². The molecule has 11 aromatic rings. The fourth-order valence-corrected chi connectivity index (χ4v) is 8.84. The van der Waals surface area contributed by atoms with Crippen LogP contribution in [0.15, 0.2) is 231 Å². The van der Waals surface area contributed by atoms with E-state index in [1.807, 2.05) is 13.8 Å². The molecule has 0 unspecified atom stereocenters. The maximum Gasteiger partial charge on any atom is 0.0547 e. The molecule has 2 nitrogen and oxygen atoms in total. The maximum absolute atomic E-state index is 2.42. The number of hydrogen-bond acceptors (Lipinski definition) is 1. The van der Waals surface area contributed by atoms with Crippen LogP contribution in [0.5, 0.6) is 0 Å². The van der Waals surface area contributed by atoms with E-state index in [0.717, 1.165) is 22.7 Å². The summed E-state index contributed by atoms with van der Waals surface area (Å²) < 4.78 is 2.41. The van der Waals surface area contributed by atoms with E-state index in [0.29, 0.717) is 0 Å². The first kappa shape index (κ1) is 36.6. The molecule has 0 amide bonds. The highest BCUT2D eigenvalue weighted by Crippen LogP contribution is 2.43. The topological polar surface area (TPSA) is 8.17 Å². The van der Waals surface area contributed by atoms with Gasteiger partial charge in [0.05, 0.1) is 22.4 Å². The first-order chi connectivity index (χ1) is 29.8. The molecule has 0 aliphatic rings. The summed E-state index contributed by atoms with van der Waals surface area (Å²) in [5, 5.41) is 7.36. The van der Waals surface area contributed by atoms with Crippen molar-refractivity contribution < 1.29 is 0 Å². The molecular weight excluding hydrogens is 725 g/mol. The molecule has 0 spiro atoms. The highest BCUT2D eigenvalue weighted by atomic mass is 15.1. The van der Waals surface area contributed by atoms with E-state index in [1.54, 1.807) is 0 Å². The van der Waals surface area contributed by atoms with Crippen LogP contribution in [-0.4, -0.2) is 4.57 Å². The maximum atomic E-state index is 2.42. The number of fused-ring (bicyclic) bond motifs is 5. The van der Waals surface area contributed by atoms with Gasteiger partial charge in [-0.25, -0.2) is 0 Å². The standard InChI is InChI=1S/C56H38N2.C2H6/c1-2-14-39(15-3-1)40-28-33-46(34-29-40)58-55-25-11-10-24-51(55)52-37-32-44(38-56(52)58)48-21-9-8-20-47(48)43-30-35-45(36-31-43)57(53-26-12-18-41-16-4-6-22-49(41)53)54-27-13-19-42-17-5-7-23-50(42)54;1-2/h1-38H;1-2H3.